The first-order valence-electron chi connectivity index (χ1n) is 9.28. The summed E-state index contributed by atoms with van der Waals surface area (Å²) in [4.78, 5) is 9.66. The van der Waals surface area contributed by atoms with E-state index in [1.165, 1.54) is 0 Å². The third kappa shape index (κ3) is 2.70. The fourth-order valence-corrected chi connectivity index (χ4v) is 3.64. The highest BCUT2D eigenvalue weighted by Crippen LogP contribution is 2.32. The maximum Gasteiger partial charge on any atom is 0.124 e. The summed E-state index contributed by atoms with van der Waals surface area (Å²) < 4.78 is 0. The number of para-hydroxylation sites is 1. The SMILES string of the molecule is OC1=C(c2ccc3ccc4ccc(-c5ccccc5O)nc4c3n2)C=CCC1. The van der Waals surface area contributed by atoms with Crippen molar-refractivity contribution in [2.75, 3.05) is 0 Å². The van der Waals surface area contributed by atoms with Crippen molar-refractivity contribution < 1.29 is 10.2 Å². The molecule has 4 nitrogen and oxygen atoms in total. The van der Waals surface area contributed by atoms with Gasteiger partial charge in [-0.05, 0) is 30.7 Å². The van der Waals surface area contributed by atoms with Gasteiger partial charge in [-0.1, -0.05) is 48.6 Å². The van der Waals surface area contributed by atoms with E-state index in [0.29, 0.717) is 23.4 Å². The first-order chi connectivity index (χ1) is 13.7. The Morgan fingerprint density at radius 2 is 1.36 bits per heavy atom. The second-order valence-corrected chi connectivity index (χ2v) is 6.92. The van der Waals surface area contributed by atoms with Gasteiger partial charge in [0.2, 0.25) is 0 Å². The average molecular weight is 366 g/mol. The summed E-state index contributed by atoms with van der Waals surface area (Å²) in [6.45, 7) is 0. The van der Waals surface area contributed by atoms with Gasteiger partial charge in [-0.15, -0.1) is 0 Å². The van der Waals surface area contributed by atoms with E-state index in [1.807, 2.05) is 54.6 Å². The number of aromatic nitrogens is 2. The summed E-state index contributed by atoms with van der Waals surface area (Å²) in [6, 6.07) is 19.1. The Labute approximate surface area is 162 Å². The van der Waals surface area contributed by atoms with Gasteiger partial charge in [0, 0.05) is 28.3 Å². The quantitative estimate of drug-likeness (QED) is 0.442. The van der Waals surface area contributed by atoms with Crippen LogP contribution in [0.25, 0.3) is 38.6 Å². The summed E-state index contributed by atoms with van der Waals surface area (Å²) in [5.74, 6) is 0.572. The van der Waals surface area contributed by atoms with E-state index >= 15 is 0 Å². The van der Waals surface area contributed by atoms with Gasteiger partial charge in [-0.2, -0.15) is 0 Å². The zero-order chi connectivity index (χ0) is 19.1. The Kier molecular flexibility index (Phi) is 3.83. The molecule has 2 aromatic carbocycles. The molecule has 1 aliphatic rings. The predicted molar refractivity (Wildman–Crippen MR) is 112 cm³/mol. The van der Waals surface area contributed by atoms with Crippen LogP contribution in [-0.4, -0.2) is 20.2 Å². The predicted octanol–water partition coefficient (Wildman–Crippen LogP) is 5.77. The molecule has 0 amide bonds. The summed E-state index contributed by atoms with van der Waals surface area (Å²) in [7, 11) is 0. The molecule has 0 bridgehead atoms. The molecule has 2 heterocycles. The molecule has 4 aromatic rings. The van der Waals surface area contributed by atoms with Gasteiger partial charge in [-0.25, -0.2) is 9.97 Å². The van der Waals surface area contributed by atoms with Gasteiger partial charge >= 0.3 is 0 Å². The number of nitrogens with zero attached hydrogens (tertiary/aromatic N) is 2. The molecule has 0 spiro atoms. The minimum Gasteiger partial charge on any atom is -0.512 e. The lowest BCUT2D eigenvalue weighted by molar-refractivity contribution is 0.391. The van der Waals surface area contributed by atoms with E-state index in [4.69, 9.17) is 9.97 Å². The van der Waals surface area contributed by atoms with Crippen LogP contribution in [0.5, 0.6) is 5.75 Å². The standard InChI is InChI=1S/C24H18N2O2/c27-21-7-3-1-5-17(21)19-13-11-15-9-10-16-12-14-20(26-24(16)23(15)25-19)18-6-2-4-8-22(18)28/h1-3,5-7,9-14,27-28H,4,8H2. The number of aliphatic hydroxyl groups is 1. The Hall–Kier alpha value is -3.66. The zero-order valence-corrected chi connectivity index (χ0v) is 15.1. The fourth-order valence-electron chi connectivity index (χ4n) is 3.64. The molecule has 2 aromatic heterocycles. The van der Waals surface area contributed by atoms with Crippen LogP contribution in [0.1, 0.15) is 18.5 Å². The number of aliphatic hydroxyl groups excluding tert-OH is 1. The zero-order valence-electron chi connectivity index (χ0n) is 15.1. The van der Waals surface area contributed by atoms with E-state index in [9.17, 15) is 10.2 Å². The Bertz CT molecular complexity index is 1290. The van der Waals surface area contributed by atoms with Gasteiger partial charge in [0.25, 0.3) is 0 Å². The molecule has 136 valence electrons. The van der Waals surface area contributed by atoms with Gasteiger partial charge in [0.05, 0.1) is 22.4 Å². The molecular weight excluding hydrogens is 348 g/mol. The maximum atomic E-state index is 10.3. The Balaban J connectivity index is 1.75. The lowest BCUT2D eigenvalue weighted by Gasteiger charge is -2.12. The lowest BCUT2D eigenvalue weighted by atomic mass is 10.0. The van der Waals surface area contributed by atoms with Gasteiger partial charge < -0.3 is 10.2 Å². The van der Waals surface area contributed by atoms with Crippen LogP contribution >= 0.6 is 0 Å². The van der Waals surface area contributed by atoms with Crippen LogP contribution in [0.2, 0.25) is 0 Å². The van der Waals surface area contributed by atoms with E-state index in [2.05, 4.69) is 6.08 Å². The largest absolute Gasteiger partial charge is 0.512 e. The molecule has 2 N–H and O–H groups in total. The second kappa shape index (κ2) is 6.50. The van der Waals surface area contributed by atoms with Crippen molar-refractivity contribution in [3.05, 3.63) is 84.3 Å². The van der Waals surface area contributed by atoms with Crippen molar-refractivity contribution in [1.82, 2.24) is 9.97 Å². The number of phenolic OH excluding ortho intramolecular Hbond substituents is 1. The highest BCUT2D eigenvalue weighted by Gasteiger charge is 2.13. The number of hydrogen-bond acceptors (Lipinski definition) is 4. The van der Waals surface area contributed by atoms with Crippen molar-refractivity contribution in [3.63, 3.8) is 0 Å². The normalized spacial score (nSPS) is 14.1. The fraction of sp³-hybridized carbons (Fsp3) is 0.0833. The van der Waals surface area contributed by atoms with Gasteiger partial charge in [0.15, 0.2) is 0 Å². The number of rotatable bonds is 2. The number of fused-ring (bicyclic) bond motifs is 3. The lowest BCUT2D eigenvalue weighted by Crippen LogP contribution is -1.97. The third-order valence-electron chi connectivity index (χ3n) is 5.12. The minimum absolute atomic E-state index is 0.200. The maximum absolute atomic E-state index is 10.3. The van der Waals surface area contributed by atoms with Crippen molar-refractivity contribution in [1.29, 1.82) is 0 Å². The topological polar surface area (TPSA) is 66.2 Å². The molecule has 0 atom stereocenters. The smallest absolute Gasteiger partial charge is 0.124 e. The van der Waals surface area contributed by atoms with Crippen LogP contribution < -0.4 is 0 Å². The molecule has 0 aliphatic heterocycles. The van der Waals surface area contributed by atoms with E-state index in [1.54, 1.807) is 12.1 Å². The molecular formula is C24H18N2O2. The number of phenols is 1. The number of pyridine rings is 2. The Morgan fingerprint density at radius 1 is 0.714 bits per heavy atom. The monoisotopic (exact) mass is 366 g/mol. The first-order valence-corrected chi connectivity index (χ1v) is 9.28. The van der Waals surface area contributed by atoms with Crippen molar-refractivity contribution in [2.24, 2.45) is 0 Å². The molecule has 0 radical (unpaired) electrons. The van der Waals surface area contributed by atoms with Crippen molar-refractivity contribution in [2.45, 2.75) is 12.8 Å². The summed E-state index contributed by atoms with van der Waals surface area (Å²) >= 11 is 0. The molecule has 0 saturated carbocycles. The highest BCUT2D eigenvalue weighted by atomic mass is 16.3. The molecule has 28 heavy (non-hydrogen) atoms. The van der Waals surface area contributed by atoms with Crippen LogP contribution in [0.3, 0.4) is 0 Å². The molecule has 0 fully saturated rings. The highest BCUT2D eigenvalue weighted by molar-refractivity contribution is 6.04. The summed E-state index contributed by atoms with van der Waals surface area (Å²) in [5.41, 5.74) is 4.45. The third-order valence-corrected chi connectivity index (χ3v) is 5.12. The van der Waals surface area contributed by atoms with Crippen LogP contribution in [-0.2, 0) is 0 Å². The van der Waals surface area contributed by atoms with E-state index in [-0.39, 0.29) is 5.75 Å². The summed E-state index contributed by atoms with van der Waals surface area (Å²) in [5, 5.41) is 22.4. The Morgan fingerprint density at radius 3 is 2.07 bits per heavy atom. The van der Waals surface area contributed by atoms with Crippen molar-refractivity contribution >= 4 is 27.4 Å². The number of benzene rings is 2. The van der Waals surface area contributed by atoms with Crippen LogP contribution in [0.4, 0.5) is 0 Å². The minimum atomic E-state index is 0.200. The first kappa shape index (κ1) is 16.5. The molecule has 1 aliphatic carbocycles. The number of allylic oxidation sites excluding steroid dienone is 4. The summed E-state index contributed by atoms with van der Waals surface area (Å²) in [6.07, 6.45) is 5.46. The van der Waals surface area contributed by atoms with Crippen LogP contribution in [0, 0.1) is 0 Å². The molecule has 5 rings (SSSR count). The average Bonchev–Trinajstić information content (AvgIpc) is 2.74. The number of hydrogen-bond donors (Lipinski definition) is 2. The van der Waals surface area contributed by atoms with Crippen LogP contribution in [0.15, 0.2) is 78.6 Å². The van der Waals surface area contributed by atoms with Gasteiger partial charge in [0.1, 0.15) is 11.5 Å². The van der Waals surface area contributed by atoms with E-state index in [0.717, 1.165) is 39.5 Å². The number of aromatic hydroxyl groups is 1. The molecule has 0 unspecified atom stereocenters. The van der Waals surface area contributed by atoms with E-state index < -0.39 is 0 Å². The van der Waals surface area contributed by atoms with Crippen molar-refractivity contribution in [3.8, 4) is 17.0 Å². The second-order valence-electron chi connectivity index (χ2n) is 6.92. The van der Waals surface area contributed by atoms with Gasteiger partial charge in [-0.3, -0.25) is 0 Å². The molecule has 0 saturated heterocycles. The molecule has 4 heteroatoms.